The Morgan fingerprint density at radius 2 is 1.75 bits per heavy atom. The molecule has 3 nitrogen and oxygen atoms in total. The number of hydrogen-bond donors (Lipinski definition) is 0. The summed E-state index contributed by atoms with van der Waals surface area (Å²) < 4.78 is 0. The average Bonchev–Trinajstić information content (AvgIpc) is 2.99. The smallest absolute Gasteiger partial charge is 0.230 e. The van der Waals surface area contributed by atoms with Crippen LogP contribution in [0, 0.1) is 5.92 Å². The van der Waals surface area contributed by atoms with Gasteiger partial charge in [-0.1, -0.05) is 25.0 Å². The Morgan fingerprint density at radius 3 is 2.40 bits per heavy atom. The molecule has 3 rings (SSSR count). The maximum Gasteiger partial charge on any atom is 0.230 e. The molecule has 1 aliphatic heterocycles. The van der Waals surface area contributed by atoms with E-state index in [4.69, 9.17) is 0 Å². The van der Waals surface area contributed by atoms with E-state index in [-0.39, 0.29) is 5.92 Å². The van der Waals surface area contributed by atoms with Gasteiger partial charge in [-0.3, -0.25) is 4.79 Å². The van der Waals surface area contributed by atoms with Crippen LogP contribution in [0.15, 0.2) is 24.3 Å². The molecule has 1 heterocycles. The fourth-order valence-corrected chi connectivity index (χ4v) is 3.54. The summed E-state index contributed by atoms with van der Waals surface area (Å²) in [5.41, 5.74) is 2.31. The zero-order valence-electron chi connectivity index (χ0n) is 12.5. The highest BCUT2D eigenvalue weighted by Crippen LogP contribution is 2.36. The molecule has 1 aromatic rings. The zero-order chi connectivity index (χ0) is 14.1. The average molecular weight is 272 g/mol. The summed E-state index contributed by atoms with van der Waals surface area (Å²) in [6.45, 7) is 6.19. The van der Waals surface area contributed by atoms with E-state index in [1.165, 1.54) is 18.5 Å². The lowest BCUT2D eigenvalue weighted by Gasteiger charge is -2.40. The highest BCUT2D eigenvalue weighted by atomic mass is 16.2. The van der Waals surface area contributed by atoms with Gasteiger partial charge in [-0.15, -0.1) is 0 Å². The molecule has 108 valence electrons. The molecule has 0 atom stereocenters. The van der Waals surface area contributed by atoms with Gasteiger partial charge in [0.2, 0.25) is 5.91 Å². The first-order valence-electron chi connectivity index (χ1n) is 7.85. The first-order chi connectivity index (χ1) is 9.68. The van der Waals surface area contributed by atoms with Crippen molar-refractivity contribution in [3.8, 4) is 0 Å². The molecule has 3 heteroatoms. The van der Waals surface area contributed by atoms with Crippen LogP contribution in [0.4, 0.5) is 11.4 Å². The summed E-state index contributed by atoms with van der Waals surface area (Å²) in [5, 5.41) is 0. The van der Waals surface area contributed by atoms with E-state index in [0.717, 1.165) is 31.6 Å². The van der Waals surface area contributed by atoms with E-state index in [1.807, 2.05) is 11.0 Å². The van der Waals surface area contributed by atoms with Gasteiger partial charge in [-0.2, -0.15) is 0 Å². The molecule has 1 amide bonds. The molecular formula is C17H24N2O. The van der Waals surface area contributed by atoms with Crippen LogP contribution in [0.3, 0.4) is 0 Å². The third-order valence-corrected chi connectivity index (χ3v) is 4.64. The van der Waals surface area contributed by atoms with Crippen molar-refractivity contribution in [3.05, 3.63) is 24.3 Å². The quantitative estimate of drug-likeness (QED) is 0.823. The molecule has 1 aliphatic carbocycles. The van der Waals surface area contributed by atoms with Crippen LogP contribution in [-0.2, 0) is 4.79 Å². The number of rotatable bonds is 2. The Bertz CT molecular complexity index is 492. The van der Waals surface area contributed by atoms with Gasteiger partial charge >= 0.3 is 0 Å². The predicted molar refractivity (Wildman–Crippen MR) is 83.2 cm³/mol. The molecule has 1 saturated carbocycles. The maximum atomic E-state index is 12.7. The predicted octanol–water partition coefficient (Wildman–Crippen LogP) is 3.44. The molecule has 0 saturated heterocycles. The third kappa shape index (κ3) is 2.30. The van der Waals surface area contributed by atoms with Gasteiger partial charge in [0.15, 0.2) is 0 Å². The summed E-state index contributed by atoms with van der Waals surface area (Å²) in [4.78, 5) is 17.2. The van der Waals surface area contributed by atoms with Gasteiger partial charge in [0.25, 0.3) is 0 Å². The van der Waals surface area contributed by atoms with Crippen molar-refractivity contribution < 1.29 is 4.79 Å². The Balaban J connectivity index is 1.90. The lowest BCUT2D eigenvalue weighted by atomic mass is 10.0. The first kappa shape index (κ1) is 13.5. The molecule has 1 aromatic carbocycles. The van der Waals surface area contributed by atoms with Crippen LogP contribution < -0.4 is 9.80 Å². The summed E-state index contributed by atoms with van der Waals surface area (Å²) in [6, 6.07) is 8.81. The minimum atomic E-state index is 0.258. The summed E-state index contributed by atoms with van der Waals surface area (Å²) in [7, 11) is 0. The van der Waals surface area contributed by atoms with Crippen molar-refractivity contribution in [2.75, 3.05) is 22.9 Å². The number of benzene rings is 1. The van der Waals surface area contributed by atoms with E-state index >= 15 is 0 Å². The molecular weight excluding hydrogens is 248 g/mol. The SMILES string of the molecule is CC(C)N1CCN(C(=O)C2CCCC2)c2ccccc21. The number of nitrogens with zero attached hydrogens (tertiary/aromatic N) is 2. The van der Waals surface area contributed by atoms with Crippen molar-refractivity contribution in [3.63, 3.8) is 0 Å². The molecule has 20 heavy (non-hydrogen) atoms. The molecule has 0 unspecified atom stereocenters. The van der Waals surface area contributed by atoms with Gasteiger partial charge in [0, 0.05) is 25.0 Å². The topological polar surface area (TPSA) is 23.6 Å². The Kier molecular flexibility index (Phi) is 3.68. The third-order valence-electron chi connectivity index (χ3n) is 4.64. The minimum Gasteiger partial charge on any atom is -0.366 e. The number of amides is 1. The van der Waals surface area contributed by atoms with Gasteiger partial charge in [0.05, 0.1) is 11.4 Å². The van der Waals surface area contributed by atoms with E-state index in [0.29, 0.717) is 11.9 Å². The lowest BCUT2D eigenvalue weighted by molar-refractivity contribution is -0.122. The second-order valence-electron chi connectivity index (χ2n) is 6.25. The molecule has 0 spiro atoms. The Labute approximate surface area is 121 Å². The second kappa shape index (κ2) is 5.47. The number of anilines is 2. The molecule has 2 aliphatic rings. The first-order valence-corrected chi connectivity index (χ1v) is 7.85. The van der Waals surface area contributed by atoms with Crippen LogP contribution in [-0.4, -0.2) is 25.0 Å². The fourth-order valence-electron chi connectivity index (χ4n) is 3.54. The van der Waals surface area contributed by atoms with E-state index in [1.54, 1.807) is 0 Å². The van der Waals surface area contributed by atoms with Crippen molar-refractivity contribution >= 4 is 17.3 Å². The van der Waals surface area contributed by atoms with Crippen LogP contribution in [0.25, 0.3) is 0 Å². The van der Waals surface area contributed by atoms with Gasteiger partial charge in [-0.05, 0) is 38.8 Å². The molecule has 0 radical (unpaired) electrons. The van der Waals surface area contributed by atoms with Crippen LogP contribution in [0.1, 0.15) is 39.5 Å². The molecule has 1 fully saturated rings. The second-order valence-corrected chi connectivity index (χ2v) is 6.25. The van der Waals surface area contributed by atoms with E-state index < -0.39 is 0 Å². The van der Waals surface area contributed by atoms with Crippen molar-refractivity contribution in [2.45, 2.75) is 45.6 Å². The Morgan fingerprint density at radius 1 is 1.10 bits per heavy atom. The summed E-state index contributed by atoms with van der Waals surface area (Å²) >= 11 is 0. The number of para-hydroxylation sites is 2. The van der Waals surface area contributed by atoms with Crippen molar-refractivity contribution in [1.82, 2.24) is 0 Å². The standard InChI is InChI=1S/C17H24N2O/c1-13(2)18-11-12-19(16-10-6-5-9-15(16)18)17(20)14-7-3-4-8-14/h5-6,9-10,13-14H,3-4,7-8,11-12H2,1-2H3. The largest absolute Gasteiger partial charge is 0.366 e. The number of carbonyl (C=O) groups is 1. The van der Waals surface area contributed by atoms with E-state index in [9.17, 15) is 4.79 Å². The maximum absolute atomic E-state index is 12.7. The number of hydrogen-bond acceptors (Lipinski definition) is 2. The van der Waals surface area contributed by atoms with Gasteiger partial charge in [-0.25, -0.2) is 0 Å². The highest BCUT2D eigenvalue weighted by Gasteiger charge is 2.32. The zero-order valence-corrected chi connectivity index (χ0v) is 12.5. The summed E-state index contributed by atoms with van der Waals surface area (Å²) in [5.74, 6) is 0.604. The monoisotopic (exact) mass is 272 g/mol. The van der Waals surface area contributed by atoms with Crippen LogP contribution in [0.2, 0.25) is 0 Å². The number of carbonyl (C=O) groups excluding carboxylic acids is 1. The summed E-state index contributed by atoms with van der Waals surface area (Å²) in [6.07, 6.45) is 4.57. The molecule has 0 aromatic heterocycles. The minimum absolute atomic E-state index is 0.258. The lowest BCUT2D eigenvalue weighted by Crippen LogP contribution is -2.48. The Hall–Kier alpha value is -1.51. The van der Waals surface area contributed by atoms with Crippen molar-refractivity contribution in [1.29, 1.82) is 0 Å². The van der Waals surface area contributed by atoms with Crippen LogP contribution in [0.5, 0.6) is 0 Å². The molecule has 0 N–H and O–H groups in total. The van der Waals surface area contributed by atoms with Gasteiger partial charge in [0.1, 0.15) is 0 Å². The van der Waals surface area contributed by atoms with Gasteiger partial charge < -0.3 is 9.80 Å². The highest BCUT2D eigenvalue weighted by molar-refractivity contribution is 5.99. The number of fused-ring (bicyclic) bond motifs is 1. The molecule has 0 bridgehead atoms. The van der Waals surface area contributed by atoms with Crippen molar-refractivity contribution in [2.24, 2.45) is 5.92 Å². The normalized spacial score (nSPS) is 19.6. The van der Waals surface area contributed by atoms with E-state index in [2.05, 4.69) is 36.9 Å². The van der Waals surface area contributed by atoms with Crippen LogP contribution >= 0.6 is 0 Å². The fraction of sp³-hybridized carbons (Fsp3) is 0.588.